The first-order chi connectivity index (χ1) is 12.7. The maximum Gasteiger partial charge on any atom is 0.224 e. The third kappa shape index (κ3) is 3.76. The van der Waals surface area contributed by atoms with Crippen molar-refractivity contribution in [3.63, 3.8) is 0 Å². The van der Waals surface area contributed by atoms with E-state index in [9.17, 15) is 0 Å². The van der Waals surface area contributed by atoms with E-state index < -0.39 is 0 Å². The van der Waals surface area contributed by atoms with Gasteiger partial charge in [-0.25, -0.2) is 0 Å². The summed E-state index contributed by atoms with van der Waals surface area (Å²) in [6.07, 6.45) is 2.10. The number of hydrogen-bond donors (Lipinski definition) is 3. The Balaban J connectivity index is 1.92. The average Bonchev–Trinajstić information content (AvgIpc) is 2.67. The molecule has 0 unspecified atom stereocenters. The predicted octanol–water partition coefficient (Wildman–Crippen LogP) is 3.27. The van der Waals surface area contributed by atoms with Gasteiger partial charge in [0.2, 0.25) is 5.95 Å². The van der Waals surface area contributed by atoms with E-state index in [1.54, 1.807) is 7.11 Å². The molecule has 1 atom stereocenters. The maximum atomic E-state index is 5.96. The van der Waals surface area contributed by atoms with Crippen LogP contribution in [0.3, 0.4) is 0 Å². The van der Waals surface area contributed by atoms with Gasteiger partial charge in [0, 0.05) is 19.6 Å². The Labute approximate surface area is 155 Å². The van der Waals surface area contributed by atoms with Gasteiger partial charge < -0.3 is 26.0 Å². The fourth-order valence-electron chi connectivity index (χ4n) is 3.28. The number of ether oxygens (including phenoxy) is 1. The minimum atomic E-state index is 0.129. The first kappa shape index (κ1) is 18.1. The Bertz CT molecular complexity index is 728. The Kier molecular flexibility index (Phi) is 5.65. The van der Waals surface area contributed by atoms with Crippen molar-refractivity contribution in [3.8, 4) is 5.75 Å². The molecule has 0 fully saturated rings. The molecule has 4 N–H and O–H groups in total. The minimum absolute atomic E-state index is 0.129. The number of methoxy groups -OCH3 is 1. The van der Waals surface area contributed by atoms with Crippen LogP contribution in [0.1, 0.15) is 38.3 Å². The number of hydrogen-bond acceptors (Lipinski definition) is 7. The van der Waals surface area contributed by atoms with E-state index >= 15 is 0 Å². The highest BCUT2D eigenvalue weighted by Gasteiger charge is 2.26. The first-order valence-corrected chi connectivity index (χ1v) is 9.23. The molecule has 3 rings (SSSR count). The van der Waals surface area contributed by atoms with Crippen LogP contribution in [0.25, 0.3) is 0 Å². The Morgan fingerprint density at radius 2 is 1.85 bits per heavy atom. The summed E-state index contributed by atoms with van der Waals surface area (Å²) >= 11 is 0. The number of rotatable bonds is 7. The van der Waals surface area contributed by atoms with Gasteiger partial charge in [-0.1, -0.05) is 26.0 Å². The van der Waals surface area contributed by atoms with Crippen LogP contribution < -0.4 is 26.0 Å². The van der Waals surface area contributed by atoms with Gasteiger partial charge in [0.25, 0.3) is 0 Å². The topological polar surface area (TPSA) is 88.3 Å². The summed E-state index contributed by atoms with van der Waals surface area (Å²) in [5, 5.41) is 7.03. The molecule has 0 amide bonds. The highest BCUT2D eigenvalue weighted by molar-refractivity contribution is 5.81. The molecule has 0 spiro atoms. The number of nitrogens with zero attached hydrogens (tertiary/aromatic N) is 3. The second-order valence-electron chi connectivity index (χ2n) is 6.47. The molecule has 2 heterocycles. The van der Waals surface area contributed by atoms with Crippen LogP contribution in [0.15, 0.2) is 24.3 Å². The summed E-state index contributed by atoms with van der Waals surface area (Å²) < 4.78 is 5.25. The predicted molar refractivity (Wildman–Crippen MR) is 107 cm³/mol. The summed E-state index contributed by atoms with van der Waals surface area (Å²) in [6, 6.07) is 8.25. The highest BCUT2D eigenvalue weighted by Crippen LogP contribution is 2.37. The first-order valence-electron chi connectivity index (χ1n) is 9.23. The van der Waals surface area contributed by atoms with E-state index in [0.717, 1.165) is 55.5 Å². The zero-order chi connectivity index (χ0) is 18.5. The van der Waals surface area contributed by atoms with Gasteiger partial charge in [0.1, 0.15) is 11.4 Å². The highest BCUT2D eigenvalue weighted by atomic mass is 16.5. The summed E-state index contributed by atoms with van der Waals surface area (Å²) in [7, 11) is 1.68. The van der Waals surface area contributed by atoms with Crippen LogP contribution in [0.5, 0.6) is 5.75 Å². The number of nitrogens with one attached hydrogen (secondary N) is 2. The second-order valence-corrected chi connectivity index (χ2v) is 6.47. The van der Waals surface area contributed by atoms with Gasteiger partial charge in [-0.05, 0) is 30.5 Å². The van der Waals surface area contributed by atoms with Crippen LogP contribution in [0.2, 0.25) is 0 Å². The van der Waals surface area contributed by atoms with Gasteiger partial charge in [0.05, 0.1) is 13.2 Å². The monoisotopic (exact) mass is 356 g/mol. The van der Waals surface area contributed by atoms with Crippen molar-refractivity contribution in [1.82, 2.24) is 9.97 Å². The van der Waals surface area contributed by atoms with Crippen molar-refractivity contribution in [2.45, 2.75) is 32.7 Å². The van der Waals surface area contributed by atoms with Crippen molar-refractivity contribution in [1.29, 1.82) is 0 Å². The number of anilines is 4. The Hall–Kier alpha value is -2.70. The number of fused-ring (bicyclic) bond motifs is 1. The van der Waals surface area contributed by atoms with Gasteiger partial charge in [-0.3, -0.25) is 0 Å². The average molecular weight is 356 g/mol. The lowest BCUT2D eigenvalue weighted by atomic mass is 10.0. The fraction of sp³-hybridized carbons (Fsp3) is 0.474. The molecule has 0 saturated carbocycles. The second kappa shape index (κ2) is 8.12. The molecule has 1 aliphatic rings. The molecule has 7 nitrogen and oxygen atoms in total. The van der Waals surface area contributed by atoms with Gasteiger partial charge >= 0.3 is 0 Å². The van der Waals surface area contributed by atoms with Crippen LogP contribution in [0, 0.1) is 0 Å². The van der Waals surface area contributed by atoms with E-state index in [1.165, 1.54) is 5.56 Å². The van der Waals surface area contributed by atoms with Crippen molar-refractivity contribution in [2.75, 3.05) is 48.0 Å². The van der Waals surface area contributed by atoms with E-state index in [1.807, 2.05) is 12.1 Å². The summed E-state index contributed by atoms with van der Waals surface area (Å²) in [5.74, 6) is 2.80. The van der Waals surface area contributed by atoms with Gasteiger partial charge in [0.15, 0.2) is 11.6 Å². The summed E-state index contributed by atoms with van der Waals surface area (Å²) in [6.45, 7) is 6.95. The standard InChI is InChI=1S/C19H28N6O/c1-4-10-25(11-5-2)18-16-17(23-19(20)24-18)21-12-15(22-16)13-6-8-14(26-3)9-7-13/h6-9,15,22H,4-5,10-12H2,1-3H3,(H3,20,21,23,24)/t15-/m1/s1. The van der Waals surface area contributed by atoms with Crippen molar-refractivity contribution < 1.29 is 4.74 Å². The maximum absolute atomic E-state index is 5.96. The summed E-state index contributed by atoms with van der Waals surface area (Å²) in [5.41, 5.74) is 8.07. The van der Waals surface area contributed by atoms with E-state index in [2.05, 4.69) is 51.5 Å². The van der Waals surface area contributed by atoms with E-state index in [0.29, 0.717) is 5.95 Å². The van der Waals surface area contributed by atoms with E-state index in [4.69, 9.17) is 10.5 Å². The van der Waals surface area contributed by atoms with Crippen LogP contribution in [-0.4, -0.2) is 36.7 Å². The van der Waals surface area contributed by atoms with Crippen LogP contribution >= 0.6 is 0 Å². The fourth-order valence-corrected chi connectivity index (χ4v) is 3.28. The van der Waals surface area contributed by atoms with Crippen molar-refractivity contribution in [2.24, 2.45) is 0 Å². The third-order valence-electron chi connectivity index (χ3n) is 4.50. The molecule has 1 aromatic heterocycles. The molecule has 0 saturated heterocycles. The minimum Gasteiger partial charge on any atom is -0.497 e. The molecule has 0 radical (unpaired) electrons. The zero-order valence-electron chi connectivity index (χ0n) is 15.7. The number of nitrogens with two attached hydrogens (primary N) is 1. The lowest BCUT2D eigenvalue weighted by Gasteiger charge is -2.32. The smallest absolute Gasteiger partial charge is 0.224 e. The number of benzene rings is 1. The van der Waals surface area contributed by atoms with Crippen molar-refractivity contribution in [3.05, 3.63) is 29.8 Å². The Morgan fingerprint density at radius 3 is 2.46 bits per heavy atom. The SMILES string of the molecule is CCCN(CCC)c1nc(N)nc2c1N[C@@H](c1ccc(OC)cc1)CN2. The largest absolute Gasteiger partial charge is 0.497 e. The van der Waals surface area contributed by atoms with Crippen LogP contribution in [-0.2, 0) is 0 Å². The molecule has 1 aliphatic heterocycles. The lowest BCUT2D eigenvalue weighted by molar-refractivity contribution is 0.414. The van der Waals surface area contributed by atoms with E-state index in [-0.39, 0.29) is 6.04 Å². The Morgan fingerprint density at radius 1 is 1.15 bits per heavy atom. The normalized spacial score (nSPS) is 15.6. The molecule has 2 aromatic rings. The molecule has 26 heavy (non-hydrogen) atoms. The van der Waals surface area contributed by atoms with Gasteiger partial charge in [-0.2, -0.15) is 9.97 Å². The molecular weight excluding hydrogens is 328 g/mol. The molecular formula is C19H28N6O. The molecule has 7 heteroatoms. The van der Waals surface area contributed by atoms with Crippen LogP contribution in [0.4, 0.5) is 23.3 Å². The van der Waals surface area contributed by atoms with Gasteiger partial charge in [-0.15, -0.1) is 0 Å². The third-order valence-corrected chi connectivity index (χ3v) is 4.50. The number of nitrogen functional groups attached to an aromatic ring is 1. The zero-order valence-corrected chi connectivity index (χ0v) is 15.7. The quantitative estimate of drug-likeness (QED) is 0.701. The van der Waals surface area contributed by atoms with Crippen molar-refractivity contribution >= 4 is 23.3 Å². The molecule has 1 aromatic carbocycles. The lowest BCUT2D eigenvalue weighted by Crippen LogP contribution is -2.32. The number of aromatic nitrogens is 2. The summed E-state index contributed by atoms with van der Waals surface area (Å²) in [4.78, 5) is 11.2. The molecule has 0 aliphatic carbocycles. The molecule has 140 valence electrons. The molecule has 0 bridgehead atoms.